The number of hydrogen-bond donors (Lipinski definition) is 0. The molecule has 0 unspecified atom stereocenters. The van der Waals surface area contributed by atoms with Gasteiger partial charge in [0.2, 0.25) is 0 Å². The summed E-state index contributed by atoms with van der Waals surface area (Å²) in [6.45, 7) is 12.3. The van der Waals surface area contributed by atoms with Gasteiger partial charge in [0.15, 0.2) is 0 Å². The highest BCUT2D eigenvalue weighted by molar-refractivity contribution is 5.14. The van der Waals surface area contributed by atoms with Gasteiger partial charge < -0.3 is 26.2 Å². The van der Waals surface area contributed by atoms with E-state index in [9.17, 15) is 0 Å². The standard InChI is InChI=1S/C24H38NO.BrH/c1-4-5-6-10-15-25-16-19(2)21-13-14-22(24(21,25)3)23(17-25)26-18-20-11-8-7-9-12-20;/h7-9,11-12,19,21-23H,4-6,10,13-18H2,1-3H3;1H/q+1;/p-1/t19-,21+,22-,23-,24-,25+;/m1./s1. The van der Waals surface area contributed by atoms with Crippen LogP contribution in [0.2, 0.25) is 0 Å². The van der Waals surface area contributed by atoms with Crippen molar-refractivity contribution in [1.29, 1.82) is 0 Å². The van der Waals surface area contributed by atoms with Crippen LogP contribution in [0.15, 0.2) is 30.3 Å². The van der Waals surface area contributed by atoms with Crippen LogP contribution in [0.4, 0.5) is 0 Å². The molecular weight excluding hydrogens is 398 g/mol. The van der Waals surface area contributed by atoms with Gasteiger partial charge in [-0.15, -0.1) is 0 Å². The molecule has 1 aromatic rings. The summed E-state index contributed by atoms with van der Waals surface area (Å²) in [6, 6.07) is 10.7. The third kappa shape index (κ3) is 3.53. The van der Waals surface area contributed by atoms with Crippen molar-refractivity contribution in [2.45, 2.75) is 77.5 Å². The molecule has 2 nitrogen and oxygen atoms in total. The molecule has 152 valence electrons. The van der Waals surface area contributed by atoms with Crippen LogP contribution in [0, 0.1) is 17.8 Å². The van der Waals surface area contributed by atoms with E-state index in [1.807, 2.05) is 0 Å². The average Bonchev–Trinajstić information content (AvgIpc) is 3.19. The van der Waals surface area contributed by atoms with Gasteiger partial charge in [0.1, 0.15) is 18.2 Å². The first-order valence-electron chi connectivity index (χ1n) is 11.1. The highest BCUT2D eigenvalue weighted by atomic mass is 79.9. The molecule has 1 aromatic carbocycles. The second-order valence-corrected chi connectivity index (χ2v) is 9.62. The first-order chi connectivity index (χ1) is 12.6. The zero-order valence-corrected chi connectivity index (χ0v) is 19.1. The molecule has 3 heteroatoms. The molecule has 3 aliphatic rings. The minimum Gasteiger partial charge on any atom is -1.00 e. The zero-order valence-electron chi connectivity index (χ0n) is 17.5. The van der Waals surface area contributed by atoms with Crippen molar-refractivity contribution in [3.05, 3.63) is 35.9 Å². The van der Waals surface area contributed by atoms with Crippen LogP contribution in [0.3, 0.4) is 0 Å². The lowest BCUT2D eigenvalue weighted by Crippen LogP contribution is -3.00. The second kappa shape index (κ2) is 8.55. The molecule has 0 radical (unpaired) electrons. The lowest BCUT2D eigenvalue weighted by atomic mass is 9.80. The molecular formula is C24H38BrNO. The molecule has 4 rings (SSSR count). The quantitative estimate of drug-likeness (QED) is 0.449. The van der Waals surface area contributed by atoms with E-state index in [1.165, 1.54) is 68.2 Å². The van der Waals surface area contributed by atoms with Gasteiger partial charge in [0.25, 0.3) is 0 Å². The molecule has 2 saturated heterocycles. The number of hydrogen-bond acceptors (Lipinski definition) is 1. The fourth-order valence-corrected chi connectivity index (χ4v) is 7.17. The molecule has 3 fully saturated rings. The number of nitrogens with zero attached hydrogens (tertiary/aromatic N) is 1. The molecule has 6 atom stereocenters. The highest BCUT2D eigenvalue weighted by Crippen LogP contribution is 2.62. The molecule has 0 spiro atoms. The molecule has 0 aromatic heterocycles. The smallest absolute Gasteiger partial charge is 0.116 e. The summed E-state index contributed by atoms with van der Waals surface area (Å²) in [4.78, 5) is 0. The summed E-state index contributed by atoms with van der Waals surface area (Å²) in [5, 5.41) is 0. The zero-order chi connectivity index (χ0) is 18.2. The lowest BCUT2D eigenvalue weighted by Gasteiger charge is -2.43. The maximum absolute atomic E-state index is 6.59. The minimum absolute atomic E-state index is 0. The topological polar surface area (TPSA) is 9.23 Å². The van der Waals surface area contributed by atoms with Gasteiger partial charge in [-0.2, -0.15) is 0 Å². The van der Waals surface area contributed by atoms with Crippen molar-refractivity contribution in [1.82, 2.24) is 0 Å². The van der Waals surface area contributed by atoms with E-state index >= 15 is 0 Å². The predicted molar refractivity (Wildman–Crippen MR) is 108 cm³/mol. The van der Waals surface area contributed by atoms with E-state index in [4.69, 9.17) is 4.74 Å². The van der Waals surface area contributed by atoms with Crippen LogP contribution < -0.4 is 17.0 Å². The molecule has 0 amide bonds. The Morgan fingerprint density at radius 1 is 1.04 bits per heavy atom. The van der Waals surface area contributed by atoms with E-state index in [0.29, 0.717) is 11.6 Å². The summed E-state index contributed by atoms with van der Waals surface area (Å²) < 4.78 is 7.96. The minimum atomic E-state index is 0. The fraction of sp³-hybridized carbons (Fsp3) is 0.750. The average molecular weight is 436 g/mol. The van der Waals surface area contributed by atoms with Gasteiger partial charge in [-0.1, -0.05) is 57.0 Å². The van der Waals surface area contributed by atoms with Crippen molar-refractivity contribution in [3.63, 3.8) is 0 Å². The molecule has 0 N–H and O–H groups in total. The van der Waals surface area contributed by atoms with Crippen LogP contribution in [0.1, 0.15) is 64.9 Å². The Morgan fingerprint density at radius 3 is 2.52 bits per heavy atom. The number of unbranched alkanes of at least 4 members (excludes halogenated alkanes) is 3. The van der Waals surface area contributed by atoms with Crippen LogP contribution >= 0.6 is 0 Å². The summed E-state index contributed by atoms with van der Waals surface area (Å²) in [5.41, 5.74) is 1.80. The van der Waals surface area contributed by atoms with Gasteiger partial charge in [-0.25, -0.2) is 0 Å². The summed E-state index contributed by atoms with van der Waals surface area (Å²) >= 11 is 0. The fourth-order valence-electron chi connectivity index (χ4n) is 7.17. The SMILES string of the molecule is CCCCCC[N@+]12C[C@@H](C)[C@@H]3CC[C@H]([C@H](OCc4ccccc4)C1)[C@@]32C.[Br-]. The van der Waals surface area contributed by atoms with E-state index < -0.39 is 0 Å². The second-order valence-electron chi connectivity index (χ2n) is 9.62. The van der Waals surface area contributed by atoms with Crippen molar-refractivity contribution < 1.29 is 26.2 Å². The Balaban J connectivity index is 0.00000210. The number of ether oxygens (including phenoxy) is 1. The van der Waals surface area contributed by atoms with E-state index in [-0.39, 0.29) is 17.0 Å². The van der Waals surface area contributed by atoms with Crippen LogP contribution in [-0.2, 0) is 11.3 Å². The van der Waals surface area contributed by atoms with Crippen molar-refractivity contribution in [3.8, 4) is 0 Å². The third-order valence-electron chi connectivity index (χ3n) is 8.36. The molecule has 2 heterocycles. The van der Waals surface area contributed by atoms with E-state index in [1.54, 1.807) is 0 Å². The van der Waals surface area contributed by atoms with Gasteiger partial charge in [0.05, 0.1) is 19.7 Å². The van der Waals surface area contributed by atoms with Crippen LogP contribution in [0.25, 0.3) is 0 Å². The Morgan fingerprint density at radius 2 is 1.78 bits per heavy atom. The van der Waals surface area contributed by atoms with E-state index in [0.717, 1.165) is 24.4 Å². The summed E-state index contributed by atoms with van der Waals surface area (Å²) in [6.07, 6.45) is 8.83. The van der Waals surface area contributed by atoms with Crippen molar-refractivity contribution in [2.24, 2.45) is 17.8 Å². The summed E-state index contributed by atoms with van der Waals surface area (Å²) in [5.74, 6) is 2.59. The lowest BCUT2D eigenvalue weighted by molar-refractivity contribution is -0.954. The molecule has 27 heavy (non-hydrogen) atoms. The predicted octanol–water partition coefficient (Wildman–Crippen LogP) is 2.42. The molecule has 2 aliphatic heterocycles. The Kier molecular flexibility index (Phi) is 6.75. The Hall–Kier alpha value is -0.380. The van der Waals surface area contributed by atoms with Gasteiger partial charge in [0, 0.05) is 17.8 Å². The monoisotopic (exact) mass is 435 g/mol. The first-order valence-corrected chi connectivity index (χ1v) is 11.1. The number of benzene rings is 1. The third-order valence-corrected chi connectivity index (χ3v) is 8.36. The highest BCUT2D eigenvalue weighted by Gasteiger charge is 2.72. The molecule has 1 saturated carbocycles. The summed E-state index contributed by atoms with van der Waals surface area (Å²) in [7, 11) is 0. The molecule has 1 aliphatic carbocycles. The Labute approximate surface area is 177 Å². The first kappa shape index (κ1) is 21.3. The maximum atomic E-state index is 6.59. The molecule has 0 bridgehead atoms. The van der Waals surface area contributed by atoms with Crippen LogP contribution in [0.5, 0.6) is 0 Å². The van der Waals surface area contributed by atoms with Crippen molar-refractivity contribution >= 4 is 0 Å². The van der Waals surface area contributed by atoms with Gasteiger partial charge in [-0.3, -0.25) is 0 Å². The van der Waals surface area contributed by atoms with Crippen LogP contribution in [-0.4, -0.2) is 35.8 Å². The van der Waals surface area contributed by atoms with Gasteiger partial charge in [-0.05, 0) is 38.2 Å². The number of quaternary nitrogens is 1. The Bertz CT molecular complexity index is 608. The van der Waals surface area contributed by atoms with Gasteiger partial charge >= 0.3 is 0 Å². The number of rotatable bonds is 8. The van der Waals surface area contributed by atoms with Crippen molar-refractivity contribution in [2.75, 3.05) is 19.6 Å². The largest absolute Gasteiger partial charge is 1.00 e. The normalized spacial score (nSPS) is 39.4. The maximum Gasteiger partial charge on any atom is 0.116 e. The van der Waals surface area contributed by atoms with E-state index in [2.05, 4.69) is 51.1 Å². The number of halogens is 1.